The molecule has 0 bridgehead atoms. The molecule has 1 N–H and O–H groups in total. The lowest BCUT2D eigenvalue weighted by Crippen LogP contribution is -2.08. The Hall–Kier alpha value is -1.96. The molecule has 0 aliphatic heterocycles. The SMILES string of the molecule is CCc1ccc(NCc2ccc(N(C)C)cc2)cc1. The van der Waals surface area contributed by atoms with Gasteiger partial charge in [-0.25, -0.2) is 0 Å². The van der Waals surface area contributed by atoms with Crippen molar-refractivity contribution in [1.82, 2.24) is 0 Å². The predicted octanol–water partition coefficient (Wildman–Crippen LogP) is 3.93. The van der Waals surface area contributed by atoms with Crippen molar-refractivity contribution in [2.24, 2.45) is 0 Å². The molecule has 0 saturated carbocycles. The molecule has 2 nitrogen and oxygen atoms in total. The Kier molecular flexibility index (Phi) is 4.45. The van der Waals surface area contributed by atoms with Crippen LogP contribution in [0.1, 0.15) is 18.1 Å². The summed E-state index contributed by atoms with van der Waals surface area (Å²) < 4.78 is 0. The van der Waals surface area contributed by atoms with Gasteiger partial charge in [0.05, 0.1) is 0 Å². The maximum absolute atomic E-state index is 3.45. The summed E-state index contributed by atoms with van der Waals surface area (Å²) in [6, 6.07) is 17.3. The van der Waals surface area contributed by atoms with E-state index in [1.165, 1.54) is 22.5 Å². The summed E-state index contributed by atoms with van der Waals surface area (Å²) >= 11 is 0. The molecule has 100 valence electrons. The lowest BCUT2D eigenvalue weighted by atomic mass is 10.1. The quantitative estimate of drug-likeness (QED) is 0.869. The van der Waals surface area contributed by atoms with E-state index in [1.54, 1.807) is 0 Å². The van der Waals surface area contributed by atoms with Gasteiger partial charge >= 0.3 is 0 Å². The number of rotatable bonds is 5. The Morgan fingerprint density at radius 1 is 0.842 bits per heavy atom. The van der Waals surface area contributed by atoms with Crippen molar-refractivity contribution in [3.8, 4) is 0 Å². The Bertz CT molecular complexity index is 498. The van der Waals surface area contributed by atoms with Crippen LogP contribution in [0.5, 0.6) is 0 Å². The van der Waals surface area contributed by atoms with E-state index in [2.05, 4.69) is 79.8 Å². The van der Waals surface area contributed by atoms with Crippen molar-refractivity contribution < 1.29 is 0 Å². The summed E-state index contributed by atoms with van der Waals surface area (Å²) in [4.78, 5) is 2.11. The van der Waals surface area contributed by atoms with Crippen LogP contribution in [0, 0.1) is 0 Å². The summed E-state index contributed by atoms with van der Waals surface area (Å²) in [5, 5.41) is 3.45. The van der Waals surface area contributed by atoms with Gasteiger partial charge in [0.1, 0.15) is 0 Å². The van der Waals surface area contributed by atoms with Crippen molar-refractivity contribution in [3.05, 3.63) is 59.7 Å². The molecule has 2 heteroatoms. The van der Waals surface area contributed by atoms with Gasteiger partial charge in [-0.05, 0) is 41.8 Å². The van der Waals surface area contributed by atoms with Crippen LogP contribution in [-0.2, 0) is 13.0 Å². The molecule has 0 spiro atoms. The molecule has 0 heterocycles. The maximum atomic E-state index is 3.45. The van der Waals surface area contributed by atoms with Gasteiger partial charge in [0.15, 0.2) is 0 Å². The minimum atomic E-state index is 0.860. The summed E-state index contributed by atoms with van der Waals surface area (Å²) in [6.07, 6.45) is 1.09. The zero-order chi connectivity index (χ0) is 13.7. The highest BCUT2D eigenvalue weighted by Gasteiger charge is 1.97. The molecule has 0 aromatic heterocycles. The molecule has 0 unspecified atom stereocenters. The minimum Gasteiger partial charge on any atom is -0.381 e. The van der Waals surface area contributed by atoms with E-state index >= 15 is 0 Å². The second kappa shape index (κ2) is 6.28. The van der Waals surface area contributed by atoms with E-state index in [1.807, 2.05) is 0 Å². The van der Waals surface area contributed by atoms with Crippen LogP contribution in [0.15, 0.2) is 48.5 Å². The van der Waals surface area contributed by atoms with Crippen LogP contribution in [-0.4, -0.2) is 14.1 Å². The topological polar surface area (TPSA) is 15.3 Å². The zero-order valence-electron chi connectivity index (χ0n) is 12.0. The van der Waals surface area contributed by atoms with E-state index in [0.29, 0.717) is 0 Å². The Labute approximate surface area is 116 Å². The molecule has 2 rings (SSSR count). The molecule has 0 fully saturated rings. The molecule has 0 aliphatic rings. The van der Waals surface area contributed by atoms with Gasteiger partial charge in [-0.3, -0.25) is 0 Å². The summed E-state index contributed by atoms with van der Waals surface area (Å²) in [5.41, 5.74) is 5.08. The number of aryl methyl sites for hydroxylation is 1. The monoisotopic (exact) mass is 254 g/mol. The van der Waals surface area contributed by atoms with Crippen LogP contribution >= 0.6 is 0 Å². The second-order valence-electron chi connectivity index (χ2n) is 4.96. The maximum Gasteiger partial charge on any atom is 0.0400 e. The lowest BCUT2D eigenvalue weighted by molar-refractivity contribution is 1.11. The van der Waals surface area contributed by atoms with Gasteiger partial charge in [0.25, 0.3) is 0 Å². The lowest BCUT2D eigenvalue weighted by Gasteiger charge is -2.13. The van der Waals surface area contributed by atoms with Gasteiger partial charge in [0, 0.05) is 32.0 Å². The van der Waals surface area contributed by atoms with Crippen molar-refractivity contribution in [1.29, 1.82) is 0 Å². The number of hydrogen-bond donors (Lipinski definition) is 1. The number of anilines is 2. The first-order chi connectivity index (χ1) is 9.19. The van der Waals surface area contributed by atoms with Gasteiger partial charge in [0.2, 0.25) is 0 Å². The van der Waals surface area contributed by atoms with E-state index in [-0.39, 0.29) is 0 Å². The van der Waals surface area contributed by atoms with Gasteiger partial charge in [-0.1, -0.05) is 31.2 Å². The molecule has 2 aromatic carbocycles. The molecular formula is C17H22N2. The minimum absolute atomic E-state index is 0.860. The molecule has 0 atom stereocenters. The fraction of sp³-hybridized carbons (Fsp3) is 0.294. The molecule has 0 amide bonds. The standard InChI is InChI=1S/C17H22N2/c1-4-14-5-9-16(10-6-14)18-13-15-7-11-17(12-8-15)19(2)3/h5-12,18H,4,13H2,1-3H3. The van der Waals surface area contributed by atoms with Crippen molar-refractivity contribution in [2.45, 2.75) is 19.9 Å². The number of benzene rings is 2. The first kappa shape index (κ1) is 13.5. The summed E-state index contributed by atoms with van der Waals surface area (Å²) in [5.74, 6) is 0. The van der Waals surface area contributed by atoms with Gasteiger partial charge < -0.3 is 10.2 Å². The largest absolute Gasteiger partial charge is 0.381 e. The highest BCUT2D eigenvalue weighted by molar-refractivity contribution is 5.48. The van der Waals surface area contributed by atoms with E-state index in [0.717, 1.165) is 13.0 Å². The molecule has 2 aromatic rings. The van der Waals surface area contributed by atoms with Crippen molar-refractivity contribution >= 4 is 11.4 Å². The normalized spacial score (nSPS) is 10.3. The average molecular weight is 254 g/mol. The van der Waals surface area contributed by atoms with Gasteiger partial charge in [-0.2, -0.15) is 0 Å². The molecule has 0 radical (unpaired) electrons. The van der Waals surface area contributed by atoms with Crippen molar-refractivity contribution in [2.75, 3.05) is 24.3 Å². The van der Waals surface area contributed by atoms with Crippen LogP contribution in [0.4, 0.5) is 11.4 Å². The van der Waals surface area contributed by atoms with Crippen LogP contribution in [0.25, 0.3) is 0 Å². The average Bonchev–Trinajstić information content (AvgIpc) is 2.46. The predicted molar refractivity (Wildman–Crippen MR) is 83.9 cm³/mol. The molecule has 0 saturated heterocycles. The number of nitrogens with zero attached hydrogens (tertiary/aromatic N) is 1. The van der Waals surface area contributed by atoms with E-state index < -0.39 is 0 Å². The second-order valence-corrected chi connectivity index (χ2v) is 4.96. The highest BCUT2D eigenvalue weighted by Crippen LogP contribution is 2.15. The Balaban J connectivity index is 1.94. The third-order valence-electron chi connectivity index (χ3n) is 3.31. The van der Waals surface area contributed by atoms with Crippen LogP contribution in [0.2, 0.25) is 0 Å². The molecule has 0 aliphatic carbocycles. The fourth-order valence-corrected chi connectivity index (χ4v) is 1.97. The highest BCUT2D eigenvalue weighted by atomic mass is 15.1. The smallest absolute Gasteiger partial charge is 0.0400 e. The van der Waals surface area contributed by atoms with Crippen molar-refractivity contribution in [3.63, 3.8) is 0 Å². The van der Waals surface area contributed by atoms with E-state index in [9.17, 15) is 0 Å². The summed E-state index contributed by atoms with van der Waals surface area (Å²) in [7, 11) is 4.12. The number of nitrogens with one attached hydrogen (secondary N) is 1. The van der Waals surface area contributed by atoms with Crippen LogP contribution < -0.4 is 10.2 Å². The third kappa shape index (κ3) is 3.75. The Morgan fingerprint density at radius 2 is 1.42 bits per heavy atom. The Morgan fingerprint density at radius 3 is 1.95 bits per heavy atom. The number of hydrogen-bond acceptors (Lipinski definition) is 2. The molecule has 19 heavy (non-hydrogen) atoms. The van der Waals surface area contributed by atoms with Crippen LogP contribution in [0.3, 0.4) is 0 Å². The fourth-order valence-electron chi connectivity index (χ4n) is 1.97. The first-order valence-electron chi connectivity index (χ1n) is 6.78. The third-order valence-corrected chi connectivity index (χ3v) is 3.31. The summed E-state index contributed by atoms with van der Waals surface area (Å²) in [6.45, 7) is 3.04. The molecular weight excluding hydrogens is 232 g/mol. The van der Waals surface area contributed by atoms with Gasteiger partial charge in [-0.15, -0.1) is 0 Å². The first-order valence-corrected chi connectivity index (χ1v) is 6.78. The van der Waals surface area contributed by atoms with E-state index in [4.69, 9.17) is 0 Å². The zero-order valence-corrected chi connectivity index (χ0v) is 12.0.